The molecule has 12 heteroatoms. The number of halogens is 1. The largest absolute Gasteiger partial charge is 0.379 e. The molecule has 10 nitrogen and oxygen atoms in total. The van der Waals surface area contributed by atoms with Gasteiger partial charge in [0.15, 0.2) is 0 Å². The van der Waals surface area contributed by atoms with Crippen molar-refractivity contribution < 1.29 is 31.9 Å². The second-order valence-electron chi connectivity index (χ2n) is 7.52. The number of hydrogen-bond donors (Lipinski definition) is 2. The minimum atomic E-state index is -3.95. The molecule has 3 rings (SSSR count). The predicted octanol–water partition coefficient (Wildman–Crippen LogP) is -0.482. The van der Waals surface area contributed by atoms with Gasteiger partial charge in [0, 0.05) is 26.2 Å². The molecule has 0 radical (unpaired) electrons. The minimum Gasteiger partial charge on any atom is -0.379 e. The molecule has 2 fully saturated rings. The molecule has 2 aliphatic heterocycles. The van der Waals surface area contributed by atoms with Gasteiger partial charge in [-0.3, -0.25) is 14.5 Å². The van der Waals surface area contributed by atoms with Crippen LogP contribution in [0.4, 0.5) is 4.39 Å². The van der Waals surface area contributed by atoms with E-state index in [2.05, 4.69) is 15.5 Å². The van der Waals surface area contributed by atoms with Crippen molar-refractivity contribution in [2.24, 2.45) is 0 Å². The van der Waals surface area contributed by atoms with E-state index in [0.717, 1.165) is 36.1 Å². The van der Waals surface area contributed by atoms with Crippen molar-refractivity contribution in [1.82, 2.24) is 19.8 Å². The number of carbonyl (C=O) groups excluding carboxylic acids is 2. The molecule has 1 aromatic rings. The summed E-state index contributed by atoms with van der Waals surface area (Å²) in [7, 11) is -3.95. The highest BCUT2D eigenvalue weighted by molar-refractivity contribution is 7.89. The molecule has 2 amide bonds. The van der Waals surface area contributed by atoms with E-state index in [-0.39, 0.29) is 18.0 Å². The van der Waals surface area contributed by atoms with Gasteiger partial charge in [-0.15, -0.1) is 0 Å². The van der Waals surface area contributed by atoms with Crippen molar-refractivity contribution in [2.45, 2.75) is 24.0 Å². The Balaban J connectivity index is 1.46. The average molecular weight is 473 g/mol. The summed E-state index contributed by atoms with van der Waals surface area (Å²) in [5, 5.41) is 5.00. The average Bonchev–Trinajstić information content (AvgIpc) is 2.81. The summed E-state index contributed by atoms with van der Waals surface area (Å²) in [6.45, 7) is 4.60. The molecule has 0 bridgehead atoms. The van der Waals surface area contributed by atoms with E-state index < -0.39 is 33.9 Å². The van der Waals surface area contributed by atoms with Crippen LogP contribution in [0.3, 0.4) is 0 Å². The van der Waals surface area contributed by atoms with Crippen molar-refractivity contribution in [1.29, 1.82) is 0 Å². The molecule has 2 aliphatic rings. The Morgan fingerprint density at radius 2 is 1.72 bits per heavy atom. The van der Waals surface area contributed by atoms with Crippen LogP contribution in [-0.2, 0) is 29.1 Å². The first-order valence-corrected chi connectivity index (χ1v) is 12.1. The molecule has 0 spiro atoms. The van der Waals surface area contributed by atoms with Gasteiger partial charge in [-0.2, -0.15) is 4.31 Å². The van der Waals surface area contributed by atoms with Crippen molar-refractivity contribution in [3.63, 3.8) is 0 Å². The number of ether oxygens (including phenoxy) is 2. The molecule has 2 heterocycles. The molecule has 1 aromatic carbocycles. The van der Waals surface area contributed by atoms with Crippen LogP contribution in [0, 0.1) is 5.82 Å². The number of morpholine rings is 1. The van der Waals surface area contributed by atoms with Crippen LogP contribution in [0.5, 0.6) is 0 Å². The molecule has 2 N–H and O–H groups in total. The number of amides is 2. The van der Waals surface area contributed by atoms with Crippen LogP contribution in [0.1, 0.15) is 12.8 Å². The number of benzene rings is 1. The summed E-state index contributed by atoms with van der Waals surface area (Å²) < 4.78 is 50.9. The molecule has 0 aliphatic carbocycles. The molecule has 1 atom stereocenters. The number of nitrogens with zero attached hydrogens (tertiary/aromatic N) is 2. The van der Waals surface area contributed by atoms with Crippen molar-refractivity contribution >= 4 is 21.8 Å². The normalized spacial score (nSPS) is 20.6. The number of rotatable bonds is 8. The highest BCUT2D eigenvalue weighted by Gasteiger charge is 2.35. The molecule has 0 aromatic heterocycles. The summed E-state index contributed by atoms with van der Waals surface area (Å²) in [5.74, 6) is -2.18. The van der Waals surface area contributed by atoms with Crippen molar-refractivity contribution in [2.75, 3.05) is 59.1 Å². The summed E-state index contributed by atoms with van der Waals surface area (Å²) in [4.78, 5) is 26.3. The Morgan fingerprint density at radius 1 is 1.03 bits per heavy atom. The summed E-state index contributed by atoms with van der Waals surface area (Å²) in [6, 6.07) is 4.49. The van der Waals surface area contributed by atoms with E-state index >= 15 is 0 Å². The zero-order valence-electron chi connectivity index (χ0n) is 17.8. The van der Waals surface area contributed by atoms with Crippen LogP contribution < -0.4 is 10.6 Å². The highest BCUT2D eigenvalue weighted by Crippen LogP contribution is 2.22. The number of nitrogens with one attached hydrogen (secondary N) is 2. The Labute approximate surface area is 187 Å². The molecule has 32 heavy (non-hydrogen) atoms. The first-order chi connectivity index (χ1) is 15.4. The fourth-order valence-electron chi connectivity index (χ4n) is 3.51. The van der Waals surface area contributed by atoms with Gasteiger partial charge in [0.2, 0.25) is 10.0 Å². The van der Waals surface area contributed by atoms with Crippen LogP contribution in [0.2, 0.25) is 0 Å². The lowest BCUT2D eigenvalue weighted by Crippen LogP contribution is -2.53. The van der Waals surface area contributed by atoms with Crippen LogP contribution in [0.15, 0.2) is 29.2 Å². The molecule has 2 saturated heterocycles. The van der Waals surface area contributed by atoms with Gasteiger partial charge < -0.3 is 20.1 Å². The van der Waals surface area contributed by atoms with Gasteiger partial charge in [0.25, 0.3) is 0 Å². The van der Waals surface area contributed by atoms with Gasteiger partial charge in [0.05, 0.1) is 31.3 Å². The van der Waals surface area contributed by atoms with Crippen molar-refractivity contribution in [3.8, 4) is 0 Å². The van der Waals surface area contributed by atoms with Gasteiger partial charge in [-0.05, 0) is 43.7 Å². The van der Waals surface area contributed by atoms with E-state index in [1.54, 1.807) is 0 Å². The summed E-state index contributed by atoms with van der Waals surface area (Å²) >= 11 is 0. The first-order valence-electron chi connectivity index (χ1n) is 10.6. The minimum absolute atomic E-state index is 0.0706. The number of hydrogen-bond acceptors (Lipinski definition) is 7. The molecular weight excluding hydrogens is 443 g/mol. The SMILES string of the molecule is O=C(NCCCN1CCOCC1)C(=O)NC[C@H]1OCCCN1S(=O)(=O)c1ccc(F)cc1. The highest BCUT2D eigenvalue weighted by atomic mass is 32.2. The van der Waals surface area contributed by atoms with E-state index in [4.69, 9.17) is 9.47 Å². The van der Waals surface area contributed by atoms with Gasteiger partial charge in [-0.1, -0.05) is 0 Å². The van der Waals surface area contributed by atoms with E-state index in [9.17, 15) is 22.4 Å². The monoisotopic (exact) mass is 472 g/mol. The third-order valence-electron chi connectivity index (χ3n) is 5.26. The zero-order chi connectivity index (χ0) is 23.0. The Kier molecular flexibility index (Phi) is 8.93. The summed E-state index contributed by atoms with van der Waals surface area (Å²) in [5.41, 5.74) is 0. The van der Waals surface area contributed by atoms with E-state index in [1.165, 1.54) is 12.1 Å². The maximum Gasteiger partial charge on any atom is 0.309 e. The lowest BCUT2D eigenvalue weighted by molar-refractivity contribution is -0.140. The molecule has 178 valence electrons. The first kappa shape index (κ1) is 24.5. The lowest BCUT2D eigenvalue weighted by Gasteiger charge is -2.34. The van der Waals surface area contributed by atoms with Gasteiger partial charge in [-0.25, -0.2) is 12.8 Å². The maximum absolute atomic E-state index is 13.2. The Bertz CT molecular complexity index is 877. The summed E-state index contributed by atoms with van der Waals surface area (Å²) in [6.07, 6.45) is 0.222. The van der Waals surface area contributed by atoms with E-state index in [0.29, 0.717) is 39.2 Å². The van der Waals surface area contributed by atoms with Crippen LogP contribution in [-0.4, -0.2) is 94.8 Å². The quantitative estimate of drug-likeness (QED) is 0.388. The third kappa shape index (κ3) is 6.69. The van der Waals surface area contributed by atoms with Gasteiger partial charge in [0.1, 0.15) is 12.0 Å². The molecule has 0 saturated carbocycles. The van der Waals surface area contributed by atoms with Crippen molar-refractivity contribution in [3.05, 3.63) is 30.1 Å². The number of carbonyl (C=O) groups is 2. The fourth-order valence-corrected chi connectivity index (χ4v) is 5.08. The fraction of sp³-hybridized carbons (Fsp3) is 0.600. The second-order valence-corrected chi connectivity index (χ2v) is 9.41. The predicted molar refractivity (Wildman–Crippen MR) is 113 cm³/mol. The van der Waals surface area contributed by atoms with E-state index in [1.807, 2.05) is 0 Å². The molecular formula is C20H29FN4O6S. The molecule has 0 unspecified atom stereocenters. The smallest absolute Gasteiger partial charge is 0.309 e. The zero-order valence-corrected chi connectivity index (χ0v) is 18.6. The van der Waals surface area contributed by atoms with Crippen LogP contribution in [0.25, 0.3) is 0 Å². The Hall–Kier alpha value is -2.12. The topological polar surface area (TPSA) is 117 Å². The Morgan fingerprint density at radius 3 is 2.44 bits per heavy atom. The second kappa shape index (κ2) is 11.7. The maximum atomic E-state index is 13.2. The van der Waals surface area contributed by atoms with Crippen LogP contribution >= 0.6 is 0 Å². The standard InChI is InChI=1S/C20H29FN4O6S/c21-16-3-5-17(6-4-16)32(28,29)25-9-2-12-31-18(25)15-23-20(27)19(26)22-7-1-8-24-10-13-30-14-11-24/h3-6,18H,1-2,7-15H2,(H,22,26)(H,23,27)/t18-/m1/s1. The number of sulfonamides is 1. The van der Waals surface area contributed by atoms with Gasteiger partial charge >= 0.3 is 11.8 Å². The lowest BCUT2D eigenvalue weighted by atomic mass is 10.3. The third-order valence-corrected chi connectivity index (χ3v) is 7.16.